The van der Waals surface area contributed by atoms with Gasteiger partial charge in [0, 0.05) is 32.3 Å². The second-order valence-electron chi connectivity index (χ2n) is 4.37. The van der Waals surface area contributed by atoms with Gasteiger partial charge < -0.3 is 15.4 Å². The van der Waals surface area contributed by atoms with Crippen molar-refractivity contribution in [2.75, 3.05) is 33.4 Å². The van der Waals surface area contributed by atoms with Crippen LogP contribution in [0.5, 0.6) is 0 Å². The van der Waals surface area contributed by atoms with Crippen molar-refractivity contribution in [3.8, 4) is 0 Å². The summed E-state index contributed by atoms with van der Waals surface area (Å²) in [5.74, 6) is -1.35. The number of carbonyl (C=O) groups excluding carboxylic acids is 1. The fraction of sp³-hybridized carbons (Fsp3) is 0.462. The maximum Gasteiger partial charge on any atom is 0.285 e. The molecule has 0 saturated heterocycles. The average Bonchev–Trinajstić information content (AvgIpc) is 2.41. The van der Waals surface area contributed by atoms with Crippen LogP contribution in [0.15, 0.2) is 12.1 Å². The third kappa shape index (κ3) is 5.09. The number of hydrogen-bond acceptors (Lipinski definition) is 5. The van der Waals surface area contributed by atoms with Gasteiger partial charge in [0.2, 0.25) is 0 Å². The molecule has 0 atom stereocenters. The lowest BCUT2D eigenvalue weighted by molar-refractivity contribution is -0.385. The number of rotatable bonds is 8. The van der Waals surface area contributed by atoms with Crippen LogP contribution >= 0.6 is 0 Å². The van der Waals surface area contributed by atoms with Gasteiger partial charge in [-0.05, 0) is 19.1 Å². The second kappa shape index (κ2) is 8.28. The third-order valence-electron chi connectivity index (χ3n) is 2.76. The molecule has 0 unspecified atom stereocenters. The molecule has 1 aromatic rings. The molecular weight excluding hydrogens is 281 g/mol. The highest BCUT2D eigenvalue weighted by Crippen LogP contribution is 2.24. The standard InChI is InChI=1S/C13H18FN3O4/c1-9-7-10(14)8-11(12(9)17(19)20)13(18)16-4-3-15-5-6-21-2/h7-8,15H,3-6H2,1-2H3,(H,16,18). The molecule has 0 heterocycles. The van der Waals surface area contributed by atoms with Gasteiger partial charge in [0.1, 0.15) is 11.4 Å². The largest absolute Gasteiger partial charge is 0.383 e. The minimum absolute atomic E-state index is 0.114. The summed E-state index contributed by atoms with van der Waals surface area (Å²) in [6.07, 6.45) is 0. The number of amides is 1. The number of nitro benzene ring substituents is 1. The molecule has 0 aromatic heterocycles. The normalized spacial score (nSPS) is 10.4. The van der Waals surface area contributed by atoms with Crippen LogP contribution in [0.1, 0.15) is 15.9 Å². The molecule has 21 heavy (non-hydrogen) atoms. The van der Waals surface area contributed by atoms with Crippen molar-refractivity contribution >= 4 is 11.6 Å². The van der Waals surface area contributed by atoms with E-state index in [9.17, 15) is 19.3 Å². The van der Waals surface area contributed by atoms with Crippen molar-refractivity contribution < 1.29 is 18.8 Å². The Labute approximate surface area is 121 Å². The highest BCUT2D eigenvalue weighted by molar-refractivity contribution is 5.98. The van der Waals surface area contributed by atoms with Crippen molar-refractivity contribution in [3.63, 3.8) is 0 Å². The molecule has 7 nitrogen and oxygen atoms in total. The topological polar surface area (TPSA) is 93.5 Å². The number of benzene rings is 1. The van der Waals surface area contributed by atoms with E-state index in [0.29, 0.717) is 19.7 Å². The maximum atomic E-state index is 13.3. The van der Waals surface area contributed by atoms with E-state index < -0.39 is 16.6 Å². The van der Waals surface area contributed by atoms with Gasteiger partial charge in [0.05, 0.1) is 11.5 Å². The molecule has 0 fully saturated rings. The van der Waals surface area contributed by atoms with E-state index in [1.165, 1.54) is 6.92 Å². The summed E-state index contributed by atoms with van der Waals surface area (Å²) in [5.41, 5.74) is -0.529. The smallest absolute Gasteiger partial charge is 0.285 e. The number of halogens is 1. The van der Waals surface area contributed by atoms with Crippen LogP contribution in [-0.4, -0.2) is 44.2 Å². The lowest BCUT2D eigenvalue weighted by Gasteiger charge is -2.08. The third-order valence-corrected chi connectivity index (χ3v) is 2.76. The van der Waals surface area contributed by atoms with E-state index in [0.717, 1.165) is 12.1 Å². The van der Waals surface area contributed by atoms with E-state index >= 15 is 0 Å². The number of ether oxygens (including phenoxy) is 1. The lowest BCUT2D eigenvalue weighted by Crippen LogP contribution is -2.33. The molecule has 0 aliphatic rings. The van der Waals surface area contributed by atoms with Crippen molar-refractivity contribution in [2.45, 2.75) is 6.92 Å². The molecule has 1 aromatic carbocycles. The summed E-state index contributed by atoms with van der Waals surface area (Å²) in [7, 11) is 1.58. The van der Waals surface area contributed by atoms with Crippen LogP contribution < -0.4 is 10.6 Å². The first-order chi connectivity index (χ1) is 9.97. The Balaban J connectivity index is 2.67. The summed E-state index contributed by atoms with van der Waals surface area (Å²) in [4.78, 5) is 22.2. The van der Waals surface area contributed by atoms with Gasteiger partial charge in [0.25, 0.3) is 11.6 Å². The number of nitrogens with one attached hydrogen (secondary N) is 2. The maximum absolute atomic E-state index is 13.3. The second-order valence-corrected chi connectivity index (χ2v) is 4.37. The number of aryl methyl sites for hydroxylation is 1. The van der Waals surface area contributed by atoms with Crippen molar-refractivity contribution in [1.82, 2.24) is 10.6 Å². The summed E-state index contributed by atoms with van der Waals surface area (Å²) < 4.78 is 18.2. The number of nitro groups is 1. The molecule has 0 saturated carbocycles. The molecule has 2 N–H and O–H groups in total. The van der Waals surface area contributed by atoms with Crippen LogP contribution in [0, 0.1) is 22.9 Å². The Hall–Kier alpha value is -2.06. The number of methoxy groups -OCH3 is 1. The lowest BCUT2D eigenvalue weighted by atomic mass is 10.1. The summed E-state index contributed by atoms with van der Waals surface area (Å²) in [6.45, 7) is 3.32. The predicted octanol–water partition coefficient (Wildman–Crippen LogP) is 1.01. The Bertz CT molecular complexity index is 522. The zero-order valence-corrected chi connectivity index (χ0v) is 11.9. The van der Waals surface area contributed by atoms with Gasteiger partial charge in [-0.3, -0.25) is 14.9 Å². The number of carbonyl (C=O) groups is 1. The predicted molar refractivity (Wildman–Crippen MR) is 74.9 cm³/mol. The minimum Gasteiger partial charge on any atom is -0.383 e. The van der Waals surface area contributed by atoms with Gasteiger partial charge in [-0.1, -0.05) is 0 Å². The molecule has 0 spiro atoms. The van der Waals surface area contributed by atoms with Gasteiger partial charge in [-0.15, -0.1) is 0 Å². The van der Waals surface area contributed by atoms with E-state index in [-0.39, 0.29) is 23.4 Å². The van der Waals surface area contributed by atoms with E-state index in [2.05, 4.69) is 10.6 Å². The Morgan fingerprint density at radius 1 is 1.38 bits per heavy atom. The summed E-state index contributed by atoms with van der Waals surface area (Å²) >= 11 is 0. The Morgan fingerprint density at radius 2 is 2.10 bits per heavy atom. The molecular formula is C13H18FN3O4. The first-order valence-corrected chi connectivity index (χ1v) is 6.39. The molecule has 116 valence electrons. The first-order valence-electron chi connectivity index (χ1n) is 6.39. The fourth-order valence-corrected chi connectivity index (χ4v) is 1.81. The van der Waals surface area contributed by atoms with Crippen LogP contribution in [0.25, 0.3) is 0 Å². The van der Waals surface area contributed by atoms with Gasteiger partial charge in [-0.25, -0.2) is 4.39 Å². The van der Waals surface area contributed by atoms with Gasteiger partial charge >= 0.3 is 0 Å². The van der Waals surface area contributed by atoms with Crippen molar-refractivity contribution in [3.05, 3.63) is 39.2 Å². The molecule has 8 heteroatoms. The first kappa shape index (κ1) is 17.0. The molecule has 1 rings (SSSR count). The van der Waals surface area contributed by atoms with Crippen LogP contribution in [0.3, 0.4) is 0 Å². The van der Waals surface area contributed by atoms with Crippen molar-refractivity contribution in [1.29, 1.82) is 0 Å². The Morgan fingerprint density at radius 3 is 2.71 bits per heavy atom. The SMILES string of the molecule is COCCNCCNC(=O)c1cc(F)cc(C)c1[N+](=O)[O-]. The highest BCUT2D eigenvalue weighted by atomic mass is 19.1. The molecule has 0 aliphatic heterocycles. The molecule has 0 bridgehead atoms. The van der Waals surface area contributed by atoms with Gasteiger partial charge in [-0.2, -0.15) is 0 Å². The minimum atomic E-state index is -0.680. The quantitative estimate of drug-likeness (QED) is 0.424. The van der Waals surface area contributed by atoms with Crippen molar-refractivity contribution in [2.24, 2.45) is 0 Å². The van der Waals surface area contributed by atoms with Crippen LogP contribution in [-0.2, 0) is 4.74 Å². The van der Waals surface area contributed by atoms with Crippen LogP contribution in [0.2, 0.25) is 0 Å². The number of hydrogen-bond donors (Lipinski definition) is 2. The van der Waals surface area contributed by atoms with Gasteiger partial charge in [0.15, 0.2) is 0 Å². The Kier molecular flexibility index (Phi) is 6.70. The number of nitrogens with zero attached hydrogens (tertiary/aromatic N) is 1. The average molecular weight is 299 g/mol. The van der Waals surface area contributed by atoms with E-state index in [4.69, 9.17) is 4.74 Å². The highest BCUT2D eigenvalue weighted by Gasteiger charge is 2.23. The molecule has 1 amide bonds. The fourth-order valence-electron chi connectivity index (χ4n) is 1.81. The zero-order chi connectivity index (χ0) is 15.8. The molecule has 0 radical (unpaired) electrons. The summed E-state index contributed by atoms with van der Waals surface area (Å²) in [5, 5.41) is 16.5. The van der Waals surface area contributed by atoms with Crippen LogP contribution in [0.4, 0.5) is 10.1 Å². The monoisotopic (exact) mass is 299 g/mol. The molecule has 0 aliphatic carbocycles. The van der Waals surface area contributed by atoms with E-state index in [1.807, 2.05) is 0 Å². The summed E-state index contributed by atoms with van der Waals surface area (Å²) in [6, 6.07) is 1.90. The zero-order valence-electron chi connectivity index (χ0n) is 11.9. The van der Waals surface area contributed by atoms with E-state index in [1.54, 1.807) is 7.11 Å².